The molecule has 1 unspecified atom stereocenters. The van der Waals surface area contributed by atoms with E-state index in [1.807, 2.05) is 6.92 Å². The molecule has 0 aromatic rings. The fourth-order valence-corrected chi connectivity index (χ4v) is 2.61. The average Bonchev–Trinajstić information content (AvgIpc) is 2.57. The summed E-state index contributed by atoms with van der Waals surface area (Å²) < 4.78 is 0. The van der Waals surface area contributed by atoms with Crippen LogP contribution in [0.1, 0.15) is 19.8 Å². The van der Waals surface area contributed by atoms with Crippen LogP contribution in [0.2, 0.25) is 0 Å². The van der Waals surface area contributed by atoms with Crippen LogP contribution in [-0.2, 0) is 14.4 Å². The molecule has 5 N–H and O–H groups in total. The van der Waals surface area contributed by atoms with Gasteiger partial charge < -0.3 is 20.4 Å². The van der Waals surface area contributed by atoms with E-state index in [9.17, 15) is 19.5 Å². The fourth-order valence-electron chi connectivity index (χ4n) is 2.61. The van der Waals surface area contributed by atoms with Crippen LogP contribution in [-0.4, -0.2) is 125 Å². The Morgan fingerprint density at radius 3 is 1.79 bits per heavy atom. The molecular weight excluding hydrogens is 372 g/mol. The molecule has 0 amide bonds. The number of aliphatic hydroxyl groups excluding tert-OH is 1. The van der Waals surface area contributed by atoms with Gasteiger partial charge in [-0.3, -0.25) is 34.4 Å². The molecule has 0 saturated heterocycles. The molecule has 0 fully saturated rings. The standard InChI is InChI=1S/C17H34N4O7/c1-3-14(22)18-5-8-21(13-17(27)28)10-9-20(12-16(25)26)7-4-6-19(2)11-15(23)24/h14,18,22H,3-13H2,1-2H3,(H,23,24)(H,25,26)(H,27,28). The molecular formula is C17H34N4O7. The second-order valence-corrected chi connectivity index (χ2v) is 6.70. The molecule has 0 radical (unpaired) electrons. The number of hydrogen-bond donors (Lipinski definition) is 5. The highest BCUT2D eigenvalue weighted by atomic mass is 16.4. The molecule has 0 spiro atoms. The number of carboxylic acid groups (broad SMARTS) is 3. The lowest BCUT2D eigenvalue weighted by Gasteiger charge is -2.26. The Morgan fingerprint density at radius 2 is 1.32 bits per heavy atom. The van der Waals surface area contributed by atoms with Crippen LogP contribution in [0.5, 0.6) is 0 Å². The van der Waals surface area contributed by atoms with Gasteiger partial charge in [-0.25, -0.2) is 0 Å². The molecule has 0 bridgehead atoms. The van der Waals surface area contributed by atoms with Crippen molar-refractivity contribution in [2.75, 3.05) is 66.0 Å². The number of aliphatic hydroxyl groups is 1. The first kappa shape index (κ1) is 26.2. The SMILES string of the molecule is CCC(O)NCCN(CCN(CCCN(C)CC(=O)O)CC(=O)O)CC(=O)O. The van der Waals surface area contributed by atoms with Crippen molar-refractivity contribution in [2.24, 2.45) is 0 Å². The zero-order chi connectivity index (χ0) is 21.5. The van der Waals surface area contributed by atoms with Crippen LogP contribution in [0.4, 0.5) is 0 Å². The Morgan fingerprint density at radius 1 is 0.821 bits per heavy atom. The lowest BCUT2D eigenvalue weighted by atomic mass is 10.3. The number of aliphatic carboxylic acids is 3. The zero-order valence-corrected chi connectivity index (χ0v) is 16.7. The molecule has 28 heavy (non-hydrogen) atoms. The van der Waals surface area contributed by atoms with Gasteiger partial charge in [0.1, 0.15) is 6.23 Å². The highest BCUT2D eigenvalue weighted by Crippen LogP contribution is 1.98. The molecule has 0 aliphatic carbocycles. The van der Waals surface area contributed by atoms with E-state index in [0.29, 0.717) is 52.1 Å². The second-order valence-electron chi connectivity index (χ2n) is 6.70. The summed E-state index contributed by atoms with van der Waals surface area (Å²) in [4.78, 5) is 37.8. The minimum atomic E-state index is -0.976. The van der Waals surface area contributed by atoms with Gasteiger partial charge in [-0.2, -0.15) is 0 Å². The van der Waals surface area contributed by atoms with E-state index in [4.69, 9.17) is 15.3 Å². The Bertz CT molecular complexity index is 478. The van der Waals surface area contributed by atoms with Crippen LogP contribution in [0.3, 0.4) is 0 Å². The van der Waals surface area contributed by atoms with Gasteiger partial charge in [-0.15, -0.1) is 0 Å². The normalized spacial score (nSPS) is 12.6. The predicted octanol–water partition coefficient (Wildman–Crippen LogP) is -1.52. The van der Waals surface area contributed by atoms with Gasteiger partial charge in [0.15, 0.2) is 0 Å². The Labute approximate surface area is 165 Å². The molecule has 0 aromatic heterocycles. The van der Waals surface area contributed by atoms with Crippen LogP contribution < -0.4 is 5.32 Å². The van der Waals surface area contributed by atoms with Gasteiger partial charge in [-0.05, 0) is 26.4 Å². The van der Waals surface area contributed by atoms with Crippen molar-refractivity contribution < 1.29 is 34.8 Å². The molecule has 0 rings (SSSR count). The van der Waals surface area contributed by atoms with Crippen molar-refractivity contribution in [3.05, 3.63) is 0 Å². The maximum Gasteiger partial charge on any atom is 0.317 e. The van der Waals surface area contributed by atoms with Crippen molar-refractivity contribution in [2.45, 2.75) is 26.0 Å². The molecule has 0 aliphatic rings. The van der Waals surface area contributed by atoms with Crippen molar-refractivity contribution >= 4 is 17.9 Å². The quantitative estimate of drug-likeness (QED) is 0.169. The van der Waals surface area contributed by atoms with Gasteiger partial charge in [0.05, 0.1) is 19.6 Å². The smallest absolute Gasteiger partial charge is 0.317 e. The Kier molecular flexibility index (Phi) is 14.2. The van der Waals surface area contributed by atoms with Crippen molar-refractivity contribution in [1.29, 1.82) is 0 Å². The van der Waals surface area contributed by atoms with Gasteiger partial charge >= 0.3 is 17.9 Å². The van der Waals surface area contributed by atoms with E-state index in [-0.39, 0.29) is 19.6 Å². The van der Waals surface area contributed by atoms with Crippen LogP contribution in [0, 0.1) is 0 Å². The number of rotatable bonds is 18. The molecule has 1 atom stereocenters. The van der Waals surface area contributed by atoms with Crippen LogP contribution >= 0.6 is 0 Å². The topological polar surface area (TPSA) is 154 Å². The number of likely N-dealkylation sites (N-methyl/N-ethyl adjacent to an activating group) is 1. The molecule has 0 heterocycles. The average molecular weight is 406 g/mol. The van der Waals surface area contributed by atoms with E-state index in [0.717, 1.165) is 0 Å². The Balaban J connectivity index is 4.51. The summed E-state index contributed by atoms with van der Waals surface area (Å²) in [7, 11) is 1.68. The van der Waals surface area contributed by atoms with Crippen LogP contribution in [0.25, 0.3) is 0 Å². The monoisotopic (exact) mass is 406 g/mol. The summed E-state index contributed by atoms with van der Waals surface area (Å²) >= 11 is 0. The van der Waals surface area contributed by atoms with E-state index >= 15 is 0 Å². The van der Waals surface area contributed by atoms with E-state index in [1.54, 1.807) is 21.7 Å². The van der Waals surface area contributed by atoms with Crippen molar-refractivity contribution in [1.82, 2.24) is 20.0 Å². The number of carboxylic acids is 3. The Hall–Kier alpha value is -1.79. The number of carbonyl (C=O) groups is 3. The van der Waals surface area contributed by atoms with E-state index in [1.165, 1.54) is 0 Å². The third kappa shape index (κ3) is 15.3. The molecule has 0 saturated carbocycles. The molecule has 11 nitrogen and oxygen atoms in total. The second kappa shape index (κ2) is 15.2. The predicted molar refractivity (Wildman–Crippen MR) is 102 cm³/mol. The lowest BCUT2D eigenvalue weighted by Crippen LogP contribution is -2.44. The number of nitrogens with zero attached hydrogens (tertiary/aromatic N) is 3. The van der Waals surface area contributed by atoms with E-state index < -0.39 is 24.1 Å². The van der Waals surface area contributed by atoms with E-state index in [2.05, 4.69) is 5.32 Å². The highest BCUT2D eigenvalue weighted by molar-refractivity contribution is 5.69. The maximum absolute atomic E-state index is 11.1. The lowest BCUT2D eigenvalue weighted by molar-refractivity contribution is -0.140. The summed E-state index contributed by atoms with van der Waals surface area (Å²) in [5.41, 5.74) is 0. The third-order valence-electron chi connectivity index (χ3n) is 4.06. The minimum Gasteiger partial charge on any atom is -0.480 e. The molecule has 0 aromatic carbocycles. The first-order valence-electron chi connectivity index (χ1n) is 9.34. The summed E-state index contributed by atoms with van der Waals surface area (Å²) in [6.45, 7) is 3.94. The van der Waals surface area contributed by atoms with Crippen LogP contribution in [0.15, 0.2) is 0 Å². The van der Waals surface area contributed by atoms with Gasteiger partial charge in [-0.1, -0.05) is 6.92 Å². The van der Waals surface area contributed by atoms with Gasteiger partial charge in [0.2, 0.25) is 0 Å². The fraction of sp³-hybridized carbons (Fsp3) is 0.824. The third-order valence-corrected chi connectivity index (χ3v) is 4.06. The summed E-state index contributed by atoms with van der Waals surface area (Å²) in [5, 5.41) is 39.3. The first-order valence-corrected chi connectivity index (χ1v) is 9.34. The first-order chi connectivity index (χ1) is 13.1. The maximum atomic E-state index is 11.1. The number of nitrogens with one attached hydrogen (secondary N) is 1. The zero-order valence-electron chi connectivity index (χ0n) is 16.7. The van der Waals surface area contributed by atoms with Gasteiger partial charge in [0.25, 0.3) is 0 Å². The number of hydrogen-bond acceptors (Lipinski definition) is 8. The summed E-state index contributed by atoms with van der Waals surface area (Å²) in [6, 6.07) is 0. The summed E-state index contributed by atoms with van der Waals surface area (Å²) in [5.74, 6) is -2.87. The summed E-state index contributed by atoms with van der Waals surface area (Å²) in [6.07, 6.45) is 0.500. The molecule has 0 aliphatic heterocycles. The highest BCUT2D eigenvalue weighted by Gasteiger charge is 2.15. The molecule has 11 heteroatoms. The van der Waals surface area contributed by atoms with Gasteiger partial charge in [0, 0.05) is 32.7 Å². The largest absolute Gasteiger partial charge is 0.480 e. The molecule has 164 valence electrons. The minimum absolute atomic E-state index is 0.0814. The van der Waals surface area contributed by atoms with Crippen molar-refractivity contribution in [3.63, 3.8) is 0 Å². The van der Waals surface area contributed by atoms with Crippen molar-refractivity contribution in [3.8, 4) is 0 Å².